The lowest BCUT2D eigenvalue weighted by molar-refractivity contribution is 0.0724. The van der Waals surface area contributed by atoms with Crippen molar-refractivity contribution < 1.29 is 49.0 Å². The van der Waals surface area contributed by atoms with E-state index in [9.17, 15) is 49.0 Å². The van der Waals surface area contributed by atoms with Gasteiger partial charge in [0.25, 0.3) is 0 Å². The molecule has 37 heteroatoms. The number of hydrogen-bond acceptors (Lipinski definition) is 19. The molecule has 0 N–H and O–H groups in total. The average Bonchev–Trinajstić information content (AvgIpc) is 1.36. The van der Waals surface area contributed by atoms with Crippen molar-refractivity contribution in [1.82, 2.24) is 106 Å². The number of aromatic nitrogens is 19. The predicted molar refractivity (Wildman–Crippen MR) is 469 cm³/mol. The van der Waals surface area contributed by atoms with Gasteiger partial charge in [0.05, 0.1) is 117 Å². The highest BCUT2D eigenvalue weighted by Gasteiger charge is 2.56. The molecule has 0 amide bonds. The lowest BCUT2D eigenvalue weighted by Gasteiger charge is -2.48. The van der Waals surface area contributed by atoms with Gasteiger partial charge in [0, 0.05) is 106 Å². The Labute approximate surface area is 730 Å². The minimum absolute atomic E-state index is 0. The average molecular weight is 1790 g/mol. The Hall–Kier alpha value is -11.8. The molecule has 3 unspecified atom stereocenters. The molecule has 0 radical (unpaired) electrons. The SMILES string of the molecule is C.C=S(=O)(c1ccn(C)n1)N(C(C)C)[C@H]1CCC2=Cc3c(cnn3-c3ccc(F)nc3)C[C@]2(C(=O)c2cc(Cl)ccn2)C1.C=S(=O)(c1ccn(C)n1)N(C1CC1)[C@H]1CCC2=Cc3c(cnn3-c3ccc(F)nc3)C[C@]2(C(=O)c2cc(F)ccn2)C1.C=S(=O)(c1ncn(C)n1)N(CC)[C@H]1CCC2=Cc3c(cnn3-c3ccc(F)nc3)C[C@]2(C(=O)c2cc(F)ccn2)C1. The first kappa shape index (κ1) is 87.7. The van der Waals surface area contributed by atoms with Gasteiger partial charge < -0.3 is 0 Å². The molecule has 4 saturated carbocycles. The summed E-state index contributed by atoms with van der Waals surface area (Å²) in [4.78, 5) is 71.7. The van der Waals surface area contributed by atoms with Crippen LogP contribution in [0.25, 0.3) is 35.3 Å². The summed E-state index contributed by atoms with van der Waals surface area (Å²) in [7, 11) is -3.69. The normalized spacial score (nSPS) is 21.9. The summed E-state index contributed by atoms with van der Waals surface area (Å²) in [6, 6.07) is 19.3. The summed E-state index contributed by atoms with van der Waals surface area (Å²) in [6.45, 7) is 6.27. The Bertz CT molecular complexity index is 6440. The third-order valence-electron chi connectivity index (χ3n) is 24.8. The van der Waals surface area contributed by atoms with Gasteiger partial charge in [0.1, 0.15) is 35.0 Å². The fourth-order valence-electron chi connectivity index (χ4n) is 19.1. The molecule has 4 fully saturated rings. The summed E-state index contributed by atoms with van der Waals surface area (Å²) < 4.78 is 127. The minimum atomic E-state index is -3.06. The van der Waals surface area contributed by atoms with E-state index in [4.69, 9.17) is 11.6 Å². The van der Waals surface area contributed by atoms with Crippen molar-refractivity contribution in [3.63, 3.8) is 0 Å². The molecular weight excluding hydrogens is 1700 g/mol. The number of hydrogen-bond donors (Lipinski definition) is 0. The van der Waals surface area contributed by atoms with E-state index in [2.05, 4.69) is 83.1 Å². The number of carbonyl (C=O) groups excluding carboxylic acids is 3. The maximum atomic E-state index is 14.5. The van der Waals surface area contributed by atoms with Crippen molar-refractivity contribution in [3.8, 4) is 17.1 Å². The zero-order valence-electron chi connectivity index (χ0n) is 69.1. The van der Waals surface area contributed by atoms with Crippen molar-refractivity contribution in [2.24, 2.45) is 37.4 Å². The highest BCUT2D eigenvalue weighted by molar-refractivity contribution is 7.98. The van der Waals surface area contributed by atoms with E-state index in [0.717, 1.165) is 69.4 Å². The fourth-order valence-corrected chi connectivity index (χ4v) is 25.2. The van der Waals surface area contributed by atoms with E-state index in [1.54, 1.807) is 122 Å². The van der Waals surface area contributed by atoms with Gasteiger partial charge in [-0.25, -0.2) is 68.3 Å². The van der Waals surface area contributed by atoms with Crippen molar-refractivity contribution >= 4 is 93.9 Å². The molecule has 12 heterocycles. The molecule has 9 atom stereocenters. The Kier molecular flexibility index (Phi) is 23.8. The van der Waals surface area contributed by atoms with E-state index in [0.29, 0.717) is 109 Å². The van der Waals surface area contributed by atoms with Gasteiger partial charge in [0.15, 0.2) is 27.4 Å². The molecule has 0 aromatic carbocycles. The van der Waals surface area contributed by atoms with Crippen LogP contribution in [-0.4, -0.2) is 191 Å². The number of halogens is 6. The Morgan fingerprint density at radius 2 is 0.889 bits per heavy atom. The van der Waals surface area contributed by atoms with Crippen LogP contribution >= 0.6 is 11.6 Å². The van der Waals surface area contributed by atoms with Gasteiger partial charge in [-0.2, -0.15) is 38.7 Å². The van der Waals surface area contributed by atoms with E-state index >= 15 is 0 Å². The monoisotopic (exact) mass is 1790 g/mol. The smallest absolute Gasteiger partial charge is 0.244 e. The molecular formula is C89H92ClF5N22O6S3. The minimum Gasteiger partial charge on any atom is -0.291 e. The maximum absolute atomic E-state index is 14.5. The van der Waals surface area contributed by atoms with Crippen LogP contribution in [0.5, 0.6) is 0 Å². The number of nitrogens with zero attached hydrogens (tertiary/aromatic N) is 22. The van der Waals surface area contributed by atoms with Crippen LogP contribution in [0.15, 0.2) is 191 Å². The van der Waals surface area contributed by atoms with Gasteiger partial charge in [-0.3, -0.25) is 43.4 Å². The van der Waals surface area contributed by atoms with Crippen LogP contribution < -0.4 is 0 Å². The van der Waals surface area contributed by atoms with E-state index in [-0.39, 0.29) is 83.6 Å². The van der Waals surface area contributed by atoms with Gasteiger partial charge in [-0.15, -0.1) is 5.10 Å². The van der Waals surface area contributed by atoms with Crippen molar-refractivity contribution in [2.45, 2.75) is 164 Å². The second-order valence-corrected chi connectivity index (χ2v) is 39.8. The molecule has 654 valence electrons. The number of aryl methyl sites for hydroxylation is 3. The fraction of sp³-hybridized carbons (Fsp3) is 0.337. The Balaban J connectivity index is 0.000000139. The number of Topliss-reactive ketones (excluding diaryl/α,β-unsaturated/α-hetero) is 3. The van der Waals surface area contributed by atoms with Gasteiger partial charge in [-0.05, 0) is 229 Å². The molecule has 0 aliphatic heterocycles. The first-order valence-corrected chi connectivity index (χ1v) is 46.2. The lowest BCUT2D eigenvalue weighted by atomic mass is 9.60. The Morgan fingerprint density at radius 1 is 0.484 bits per heavy atom. The molecule has 12 aromatic rings. The molecule has 12 aromatic heterocycles. The van der Waals surface area contributed by atoms with Gasteiger partial charge >= 0.3 is 0 Å². The molecule has 7 aliphatic carbocycles. The highest BCUT2D eigenvalue weighted by atomic mass is 35.5. The van der Waals surface area contributed by atoms with Crippen LogP contribution in [-0.2, 0) is 69.5 Å². The highest BCUT2D eigenvalue weighted by Crippen LogP contribution is 2.56. The van der Waals surface area contributed by atoms with Crippen LogP contribution in [0, 0.1) is 45.7 Å². The van der Waals surface area contributed by atoms with Crippen LogP contribution in [0.3, 0.4) is 0 Å². The lowest BCUT2D eigenvalue weighted by Crippen LogP contribution is -2.52. The second-order valence-electron chi connectivity index (χ2n) is 33.0. The zero-order valence-corrected chi connectivity index (χ0v) is 72.3. The first-order chi connectivity index (χ1) is 59.8. The summed E-state index contributed by atoms with van der Waals surface area (Å²) >= 11 is 6.30. The second kappa shape index (κ2) is 34.2. The Morgan fingerprint density at radius 3 is 1.26 bits per heavy atom. The van der Waals surface area contributed by atoms with Crippen LogP contribution in [0.1, 0.15) is 164 Å². The van der Waals surface area contributed by atoms with E-state index < -0.39 is 74.8 Å². The molecule has 126 heavy (non-hydrogen) atoms. The topological polar surface area (TPSA) is 309 Å². The number of fused-ring (bicyclic) bond motifs is 6. The van der Waals surface area contributed by atoms with Crippen molar-refractivity contribution in [3.05, 3.63) is 261 Å². The van der Waals surface area contributed by atoms with E-state index in [1.807, 2.05) is 47.6 Å². The molecule has 0 spiro atoms. The zero-order chi connectivity index (χ0) is 88.0. The molecule has 0 bridgehead atoms. The summed E-state index contributed by atoms with van der Waals surface area (Å²) in [5.74, 6) is 8.82. The number of ketones is 3. The van der Waals surface area contributed by atoms with E-state index in [1.165, 1.54) is 84.6 Å². The number of allylic oxidation sites excluding steroid dienone is 3. The largest absolute Gasteiger partial charge is 0.291 e. The quantitative estimate of drug-likeness (QED) is 0.0279. The number of pyridine rings is 6. The first-order valence-electron chi connectivity index (χ1n) is 40.8. The van der Waals surface area contributed by atoms with Crippen LogP contribution in [0.2, 0.25) is 5.02 Å². The molecule has 7 aliphatic rings. The molecule has 0 saturated heterocycles. The number of rotatable bonds is 21. The number of carbonyl (C=O) groups is 3. The molecule has 28 nitrogen and oxygen atoms in total. The maximum Gasteiger partial charge on any atom is 0.244 e. The predicted octanol–water partition coefficient (Wildman–Crippen LogP) is 13.2. The van der Waals surface area contributed by atoms with Gasteiger partial charge in [0.2, 0.25) is 23.0 Å². The molecule has 19 rings (SSSR count). The third-order valence-corrected chi connectivity index (χ3v) is 31.5. The third kappa shape index (κ3) is 16.2. The van der Waals surface area contributed by atoms with Gasteiger partial charge in [-0.1, -0.05) is 42.7 Å². The standard InChI is InChI=1S/C30H31ClFN7O2S.C30H29F2N7O2S.C28H28F2N8O2S.CH4/c1-19(2)39(42(4,41)28-10-12-37(3)36-28)23-6-5-21-13-26-20(17-35-38(26)24-7-8-27(32)34-18-24)15-30(21,16-23)29(40)25-14-22(31)9-11-33-25;1-37-12-10-28(36-37)42(2,41)39(22-5-6-22)23-4-3-20-13-26-19(17-35-38(26)24-7-8-27(32)34-18-24)15-30(20,16-23)29(40)25-14-21(31)9-11-33-25;1-4-37(41(3,40)27-33-17-36(2)35-27)21-6-5-19-11-24-18(15-34-38(24)22-7-8-25(30)32-16-22)13-28(19,14-21)26(39)23-12-20(29)9-10-31-23;/h7-14,17-19,23H,4-6,15-16H2,1-3H3;7-14,17-18,22-23H,2-6,15-16H2,1H3;7-12,15-17,21H,3-6,13-14H2,1-2H3;1H4/t2*23-,30-,42?;21-,28-,41?;/m000./s1. The summed E-state index contributed by atoms with van der Waals surface area (Å²) in [5, 5.41) is 28.2. The van der Waals surface area contributed by atoms with Crippen LogP contribution in [0.4, 0.5) is 22.0 Å². The van der Waals surface area contributed by atoms with Crippen molar-refractivity contribution in [1.29, 1.82) is 0 Å². The van der Waals surface area contributed by atoms with Crippen molar-refractivity contribution in [2.75, 3.05) is 6.54 Å². The summed E-state index contributed by atoms with van der Waals surface area (Å²) in [6.07, 6.45) is 31.9. The summed E-state index contributed by atoms with van der Waals surface area (Å²) in [5.41, 5.74) is 6.67.